The predicted molar refractivity (Wildman–Crippen MR) is 134 cm³/mol. The van der Waals surface area contributed by atoms with Gasteiger partial charge in [0.05, 0.1) is 21.3 Å². The Balaban J connectivity index is 1.63. The fourth-order valence-electron chi connectivity index (χ4n) is 3.48. The molecule has 0 saturated carbocycles. The number of thiazole rings is 1. The number of likely N-dealkylation sites (N-methyl/N-ethyl adjacent to an activating group) is 1. The number of fused-ring (bicyclic) bond motifs is 2. The molecular formula is C23H25ClN6O2S. The molecular weight excluding hydrogens is 460 g/mol. The number of ketones is 1. The number of nitrogens with zero attached hydrogens (tertiary/aromatic N) is 4. The molecule has 4 rings (SSSR count). The lowest BCUT2D eigenvalue weighted by molar-refractivity contribution is -0.128. The molecule has 1 amide bonds. The second kappa shape index (κ2) is 9.86. The van der Waals surface area contributed by atoms with E-state index >= 15 is 0 Å². The van der Waals surface area contributed by atoms with Crippen LogP contribution in [0.5, 0.6) is 0 Å². The van der Waals surface area contributed by atoms with Gasteiger partial charge in [-0.1, -0.05) is 22.9 Å². The zero-order valence-electron chi connectivity index (χ0n) is 18.7. The largest absolute Gasteiger partial charge is 0.349 e. The topological polar surface area (TPSA) is 92.1 Å². The number of nitrogens with one attached hydrogen (secondary N) is 2. The number of aromatic nitrogens is 3. The highest BCUT2D eigenvalue weighted by atomic mass is 35.5. The van der Waals surface area contributed by atoms with Gasteiger partial charge in [-0.3, -0.25) is 9.59 Å². The molecule has 8 nitrogen and oxygen atoms in total. The predicted octanol–water partition coefficient (Wildman–Crippen LogP) is 4.31. The molecule has 0 bridgehead atoms. The number of Topliss-reactive ketones (excluding diaryl/α,β-unsaturated/α-hetero) is 1. The first kappa shape index (κ1) is 23.2. The summed E-state index contributed by atoms with van der Waals surface area (Å²) < 4.78 is 3.05. The number of halogens is 1. The highest BCUT2D eigenvalue weighted by Crippen LogP contribution is 2.31. The number of hydrogen-bond acceptors (Lipinski definition) is 7. The normalized spacial score (nSPS) is 11.3. The Hall–Kier alpha value is -3.01. The van der Waals surface area contributed by atoms with Crippen LogP contribution in [0.4, 0.5) is 11.1 Å². The van der Waals surface area contributed by atoms with Crippen molar-refractivity contribution < 1.29 is 9.59 Å². The molecule has 0 aliphatic rings. The quantitative estimate of drug-likeness (QED) is 0.344. The van der Waals surface area contributed by atoms with Gasteiger partial charge in [-0.25, -0.2) is 9.97 Å². The van der Waals surface area contributed by atoms with Crippen molar-refractivity contribution in [3.63, 3.8) is 0 Å². The third kappa shape index (κ3) is 5.16. The zero-order valence-corrected chi connectivity index (χ0v) is 20.3. The van der Waals surface area contributed by atoms with E-state index in [1.807, 2.05) is 31.3 Å². The molecule has 2 aromatic heterocycles. The van der Waals surface area contributed by atoms with E-state index in [1.54, 1.807) is 26.2 Å². The summed E-state index contributed by atoms with van der Waals surface area (Å²) in [5.41, 5.74) is 3.04. The van der Waals surface area contributed by atoms with Gasteiger partial charge in [-0.2, -0.15) is 0 Å². The third-order valence-electron chi connectivity index (χ3n) is 5.29. The maximum absolute atomic E-state index is 12.6. The minimum absolute atomic E-state index is 0.0654. The molecule has 172 valence electrons. The summed E-state index contributed by atoms with van der Waals surface area (Å²) in [6.45, 7) is 1.44. The number of carbonyl (C=O) groups is 2. The Morgan fingerprint density at radius 3 is 2.67 bits per heavy atom. The summed E-state index contributed by atoms with van der Waals surface area (Å²) in [5, 5.41) is 7.88. The van der Waals surface area contributed by atoms with Crippen LogP contribution in [0.15, 0.2) is 36.4 Å². The number of benzene rings is 2. The van der Waals surface area contributed by atoms with Crippen LogP contribution in [0.1, 0.15) is 23.2 Å². The van der Waals surface area contributed by atoms with E-state index < -0.39 is 0 Å². The molecule has 2 aromatic carbocycles. The molecule has 0 fully saturated rings. The smallest absolute Gasteiger partial charge is 0.222 e. The SMILES string of the molecule is CNCCn1c(Nc2nc3ccc(Cl)cc3s2)nc2cc(C(=O)CCC(=O)N(C)C)ccc21. The van der Waals surface area contributed by atoms with Crippen LogP contribution in [-0.4, -0.2) is 58.8 Å². The fourth-order valence-corrected chi connectivity index (χ4v) is 4.62. The molecule has 0 atom stereocenters. The van der Waals surface area contributed by atoms with Crippen molar-refractivity contribution in [3.8, 4) is 0 Å². The molecule has 2 heterocycles. The van der Waals surface area contributed by atoms with E-state index in [2.05, 4.69) is 20.2 Å². The number of carbonyl (C=O) groups excluding carboxylic acids is 2. The van der Waals surface area contributed by atoms with Gasteiger partial charge in [0.2, 0.25) is 11.9 Å². The van der Waals surface area contributed by atoms with Crippen molar-refractivity contribution in [2.75, 3.05) is 33.0 Å². The minimum atomic E-state index is -0.0746. The van der Waals surface area contributed by atoms with Crippen LogP contribution in [-0.2, 0) is 11.3 Å². The van der Waals surface area contributed by atoms with Crippen molar-refractivity contribution in [3.05, 3.63) is 47.0 Å². The molecule has 0 spiro atoms. The Bertz CT molecular complexity index is 1330. The summed E-state index contributed by atoms with van der Waals surface area (Å²) >= 11 is 7.61. The van der Waals surface area contributed by atoms with Gasteiger partial charge in [0, 0.05) is 50.6 Å². The lowest BCUT2D eigenvalue weighted by Gasteiger charge is -2.10. The van der Waals surface area contributed by atoms with Gasteiger partial charge in [-0.15, -0.1) is 0 Å². The first-order valence-corrected chi connectivity index (χ1v) is 11.8. The summed E-state index contributed by atoms with van der Waals surface area (Å²) in [5.74, 6) is 0.511. The average molecular weight is 485 g/mol. The van der Waals surface area contributed by atoms with Gasteiger partial charge >= 0.3 is 0 Å². The van der Waals surface area contributed by atoms with Crippen LogP contribution in [0.2, 0.25) is 5.02 Å². The van der Waals surface area contributed by atoms with Crippen LogP contribution in [0.3, 0.4) is 0 Å². The highest BCUT2D eigenvalue weighted by Gasteiger charge is 2.16. The van der Waals surface area contributed by atoms with Gasteiger partial charge in [-0.05, 0) is 43.4 Å². The molecule has 10 heteroatoms. The lowest BCUT2D eigenvalue weighted by Crippen LogP contribution is -2.22. The summed E-state index contributed by atoms with van der Waals surface area (Å²) in [6.07, 6.45) is 0.358. The van der Waals surface area contributed by atoms with Crippen LogP contribution in [0.25, 0.3) is 21.3 Å². The van der Waals surface area contributed by atoms with Crippen molar-refractivity contribution in [2.24, 2.45) is 0 Å². The van der Waals surface area contributed by atoms with Crippen molar-refractivity contribution in [2.45, 2.75) is 19.4 Å². The van der Waals surface area contributed by atoms with Crippen LogP contribution >= 0.6 is 22.9 Å². The molecule has 33 heavy (non-hydrogen) atoms. The first-order valence-electron chi connectivity index (χ1n) is 10.6. The average Bonchev–Trinajstić information content (AvgIpc) is 3.34. The minimum Gasteiger partial charge on any atom is -0.349 e. The zero-order chi connectivity index (χ0) is 23.5. The molecule has 0 aliphatic heterocycles. The Morgan fingerprint density at radius 2 is 1.91 bits per heavy atom. The van der Waals surface area contributed by atoms with Gasteiger partial charge in [0.1, 0.15) is 0 Å². The van der Waals surface area contributed by atoms with E-state index in [9.17, 15) is 9.59 Å². The van der Waals surface area contributed by atoms with Gasteiger partial charge in [0.25, 0.3) is 0 Å². The van der Waals surface area contributed by atoms with E-state index in [-0.39, 0.29) is 24.5 Å². The maximum Gasteiger partial charge on any atom is 0.222 e. The second-order valence-corrected chi connectivity index (χ2v) is 9.33. The van der Waals surface area contributed by atoms with Crippen molar-refractivity contribution in [1.29, 1.82) is 0 Å². The van der Waals surface area contributed by atoms with Gasteiger partial charge in [0.15, 0.2) is 10.9 Å². The number of anilines is 2. The van der Waals surface area contributed by atoms with E-state index in [1.165, 1.54) is 16.2 Å². The first-order chi connectivity index (χ1) is 15.9. The lowest BCUT2D eigenvalue weighted by atomic mass is 10.1. The van der Waals surface area contributed by atoms with Crippen LogP contribution < -0.4 is 10.6 Å². The maximum atomic E-state index is 12.6. The Morgan fingerprint density at radius 1 is 1.09 bits per heavy atom. The van der Waals surface area contributed by atoms with Crippen molar-refractivity contribution in [1.82, 2.24) is 24.8 Å². The summed E-state index contributed by atoms with van der Waals surface area (Å²) in [7, 11) is 5.27. The number of imidazole rings is 1. The monoisotopic (exact) mass is 484 g/mol. The fraction of sp³-hybridized carbons (Fsp3) is 0.304. The van der Waals surface area contributed by atoms with Gasteiger partial charge < -0.3 is 20.1 Å². The molecule has 0 radical (unpaired) electrons. The summed E-state index contributed by atoms with van der Waals surface area (Å²) in [6, 6.07) is 11.1. The molecule has 2 N–H and O–H groups in total. The molecule has 0 unspecified atom stereocenters. The second-order valence-electron chi connectivity index (χ2n) is 7.86. The standard InChI is InChI=1S/C23H25ClN6O2S/c1-25-10-11-30-18-7-4-14(19(31)8-9-21(32)29(2)3)12-17(18)26-22(30)28-23-27-16-6-5-15(24)13-20(16)33-23/h4-7,12-13,25H,8-11H2,1-3H3,(H,26,27,28). The molecule has 4 aromatic rings. The number of hydrogen-bond donors (Lipinski definition) is 2. The van der Waals surface area contributed by atoms with E-state index in [0.29, 0.717) is 33.7 Å². The van der Waals surface area contributed by atoms with E-state index in [4.69, 9.17) is 16.6 Å². The number of rotatable bonds is 9. The third-order valence-corrected chi connectivity index (χ3v) is 6.46. The highest BCUT2D eigenvalue weighted by molar-refractivity contribution is 7.22. The number of amides is 1. The van der Waals surface area contributed by atoms with Crippen LogP contribution in [0, 0.1) is 0 Å². The Kier molecular flexibility index (Phi) is 6.92. The Labute approximate surface area is 200 Å². The summed E-state index contributed by atoms with van der Waals surface area (Å²) in [4.78, 5) is 35.4. The van der Waals surface area contributed by atoms with Crippen molar-refractivity contribution >= 4 is 67.0 Å². The molecule has 0 saturated heterocycles. The molecule has 0 aliphatic carbocycles. The van der Waals surface area contributed by atoms with E-state index in [0.717, 1.165) is 22.3 Å².